The fourth-order valence-corrected chi connectivity index (χ4v) is 2.07. The molecule has 118 valence electrons. The lowest BCUT2D eigenvalue weighted by Crippen LogP contribution is -2.47. The molecule has 1 rings (SSSR count). The molecule has 6 nitrogen and oxygen atoms in total. The van der Waals surface area contributed by atoms with E-state index < -0.39 is 24.0 Å². The van der Waals surface area contributed by atoms with Gasteiger partial charge in [-0.2, -0.15) is 5.26 Å². The Morgan fingerprint density at radius 2 is 1.91 bits per heavy atom. The highest BCUT2D eigenvalue weighted by Gasteiger charge is 2.31. The van der Waals surface area contributed by atoms with Gasteiger partial charge in [0.25, 0.3) is 5.91 Å². The Balaban J connectivity index is 2.89. The molecule has 0 aromatic heterocycles. The largest absolute Gasteiger partial charge is 0.467 e. The van der Waals surface area contributed by atoms with Crippen LogP contribution < -0.4 is 5.32 Å². The number of hydrogen-bond donors (Lipinski definition) is 1. The first kappa shape index (κ1) is 17.7. The van der Waals surface area contributed by atoms with E-state index in [0.717, 1.165) is 0 Å². The maximum atomic E-state index is 12.4. The predicted molar refractivity (Wildman–Crippen MR) is 79.5 cm³/mol. The van der Waals surface area contributed by atoms with Gasteiger partial charge in [-0.25, -0.2) is 4.79 Å². The van der Waals surface area contributed by atoms with Gasteiger partial charge >= 0.3 is 5.97 Å². The van der Waals surface area contributed by atoms with Crippen molar-refractivity contribution in [1.82, 2.24) is 5.32 Å². The summed E-state index contributed by atoms with van der Waals surface area (Å²) in [4.78, 5) is 24.2. The number of amides is 1. The van der Waals surface area contributed by atoms with Crippen LogP contribution in [0.5, 0.6) is 0 Å². The lowest BCUT2D eigenvalue weighted by Gasteiger charge is -2.24. The number of nitrogens with one attached hydrogen (secondary N) is 1. The highest BCUT2D eigenvalue weighted by Crippen LogP contribution is 2.18. The zero-order valence-electron chi connectivity index (χ0n) is 12.9. The standard InChI is InChI=1S/C16H20N2O4/c1-11(9-10-17)13(16(20)22-3)18-15(19)14(21-2)12-7-5-4-6-8-12/h4-8,11,13-14H,9H2,1-3H3,(H,18,19)/t11-,13+,14-/m1/s1. The lowest BCUT2D eigenvalue weighted by molar-refractivity contribution is -0.148. The summed E-state index contributed by atoms with van der Waals surface area (Å²) in [5.41, 5.74) is 0.680. The number of hydrogen-bond acceptors (Lipinski definition) is 5. The van der Waals surface area contributed by atoms with Gasteiger partial charge in [0.15, 0.2) is 6.10 Å². The third kappa shape index (κ3) is 4.57. The maximum Gasteiger partial charge on any atom is 0.328 e. The number of benzene rings is 1. The molecule has 1 N–H and O–H groups in total. The molecule has 0 heterocycles. The van der Waals surface area contributed by atoms with Gasteiger partial charge in [-0.1, -0.05) is 37.3 Å². The van der Waals surface area contributed by atoms with Crippen LogP contribution in [0.4, 0.5) is 0 Å². The van der Waals surface area contributed by atoms with Gasteiger partial charge in [0.05, 0.1) is 13.2 Å². The molecule has 0 aliphatic heterocycles. The van der Waals surface area contributed by atoms with Crippen LogP contribution in [0.3, 0.4) is 0 Å². The van der Waals surface area contributed by atoms with Crippen LogP contribution in [-0.2, 0) is 19.1 Å². The van der Waals surface area contributed by atoms with E-state index in [9.17, 15) is 9.59 Å². The molecule has 0 bridgehead atoms. The Labute approximate surface area is 130 Å². The first-order valence-corrected chi connectivity index (χ1v) is 6.88. The van der Waals surface area contributed by atoms with Crippen LogP contribution >= 0.6 is 0 Å². The Morgan fingerprint density at radius 3 is 2.41 bits per heavy atom. The zero-order chi connectivity index (χ0) is 16.5. The van der Waals surface area contributed by atoms with Crippen molar-refractivity contribution >= 4 is 11.9 Å². The van der Waals surface area contributed by atoms with Crippen molar-refractivity contribution in [2.75, 3.05) is 14.2 Å². The minimum atomic E-state index is -0.890. The number of esters is 1. The molecule has 6 heteroatoms. The summed E-state index contributed by atoms with van der Waals surface area (Å²) in [6.07, 6.45) is -0.703. The molecular formula is C16H20N2O4. The van der Waals surface area contributed by atoms with Crippen molar-refractivity contribution in [1.29, 1.82) is 5.26 Å². The molecule has 1 aromatic rings. The molecular weight excluding hydrogens is 284 g/mol. The zero-order valence-corrected chi connectivity index (χ0v) is 12.9. The summed E-state index contributed by atoms with van der Waals surface area (Å²) >= 11 is 0. The molecule has 0 radical (unpaired) electrons. The van der Waals surface area contributed by atoms with Gasteiger partial charge in [0.1, 0.15) is 6.04 Å². The normalized spacial score (nSPS) is 14.3. The molecule has 3 atom stereocenters. The molecule has 0 spiro atoms. The molecule has 0 aliphatic rings. The molecule has 0 fully saturated rings. The number of carbonyl (C=O) groups is 2. The van der Waals surface area contributed by atoms with E-state index in [1.807, 2.05) is 12.1 Å². The summed E-state index contributed by atoms with van der Waals surface area (Å²) in [6, 6.07) is 10.0. The highest BCUT2D eigenvalue weighted by molar-refractivity contribution is 5.87. The minimum absolute atomic E-state index is 0.128. The second-order valence-electron chi connectivity index (χ2n) is 4.88. The summed E-state index contributed by atoms with van der Waals surface area (Å²) in [7, 11) is 2.66. The van der Waals surface area contributed by atoms with E-state index in [-0.39, 0.29) is 12.3 Å². The van der Waals surface area contributed by atoms with Crippen LogP contribution in [-0.4, -0.2) is 32.1 Å². The number of rotatable bonds is 7. The molecule has 22 heavy (non-hydrogen) atoms. The second-order valence-corrected chi connectivity index (χ2v) is 4.88. The first-order chi connectivity index (χ1) is 10.5. The van der Waals surface area contributed by atoms with Gasteiger partial charge in [-0.05, 0) is 5.56 Å². The van der Waals surface area contributed by atoms with E-state index >= 15 is 0 Å². The fraction of sp³-hybridized carbons (Fsp3) is 0.438. The monoisotopic (exact) mass is 304 g/mol. The average molecular weight is 304 g/mol. The van der Waals surface area contributed by atoms with E-state index in [4.69, 9.17) is 14.7 Å². The maximum absolute atomic E-state index is 12.4. The lowest BCUT2D eigenvalue weighted by atomic mass is 9.98. The summed E-state index contributed by atoms with van der Waals surface area (Å²) in [5, 5.41) is 11.4. The Morgan fingerprint density at radius 1 is 1.27 bits per heavy atom. The Bertz CT molecular complexity index is 539. The number of nitriles is 1. The topological polar surface area (TPSA) is 88.4 Å². The van der Waals surface area contributed by atoms with E-state index in [0.29, 0.717) is 5.56 Å². The summed E-state index contributed by atoms with van der Waals surface area (Å²) < 4.78 is 9.92. The van der Waals surface area contributed by atoms with Crippen LogP contribution in [0, 0.1) is 17.2 Å². The van der Waals surface area contributed by atoms with E-state index in [1.54, 1.807) is 31.2 Å². The van der Waals surface area contributed by atoms with Crippen molar-refractivity contribution in [3.8, 4) is 6.07 Å². The SMILES string of the molecule is COC(=O)[C@@H](NC(=O)[C@H](OC)c1ccccc1)[C@H](C)CC#N. The molecule has 1 aromatic carbocycles. The van der Waals surface area contributed by atoms with Crippen LogP contribution in [0.25, 0.3) is 0 Å². The summed E-state index contributed by atoms with van der Waals surface area (Å²) in [6.45, 7) is 1.70. The smallest absolute Gasteiger partial charge is 0.328 e. The van der Waals surface area contributed by atoms with Gasteiger partial charge in [0, 0.05) is 19.4 Å². The number of methoxy groups -OCH3 is 2. The van der Waals surface area contributed by atoms with Crippen LogP contribution in [0.1, 0.15) is 25.0 Å². The van der Waals surface area contributed by atoms with E-state index in [1.165, 1.54) is 14.2 Å². The minimum Gasteiger partial charge on any atom is -0.467 e. The fourth-order valence-electron chi connectivity index (χ4n) is 2.07. The molecule has 1 amide bonds. The molecule has 0 unspecified atom stereocenters. The average Bonchev–Trinajstić information content (AvgIpc) is 2.53. The number of ether oxygens (including phenoxy) is 2. The van der Waals surface area contributed by atoms with Crippen molar-refractivity contribution in [3.63, 3.8) is 0 Å². The van der Waals surface area contributed by atoms with Crippen molar-refractivity contribution < 1.29 is 19.1 Å². The first-order valence-electron chi connectivity index (χ1n) is 6.88. The van der Waals surface area contributed by atoms with Crippen molar-refractivity contribution in [3.05, 3.63) is 35.9 Å². The predicted octanol–water partition coefficient (Wildman–Crippen LogP) is 1.58. The van der Waals surface area contributed by atoms with Crippen molar-refractivity contribution in [2.24, 2.45) is 5.92 Å². The molecule has 0 aliphatic carbocycles. The Hall–Kier alpha value is -2.39. The van der Waals surface area contributed by atoms with Crippen LogP contribution in [0.15, 0.2) is 30.3 Å². The van der Waals surface area contributed by atoms with Gasteiger partial charge < -0.3 is 14.8 Å². The van der Waals surface area contributed by atoms with E-state index in [2.05, 4.69) is 5.32 Å². The Kier molecular flexibility index (Phi) is 7.06. The molecule has 0 saturated carbocycles. The molecule has 0 saturated heterocycles. The van der Waals surface area contributed by atoms with Gasteiger partial charge in [-0.15, -0.1) is 0 Å². The number of nitrogens with zero attached hydrogens (tertiary/aromatic N) is 1. The third-order valence-corrected chi connectivity index (χ3v) is 3.31. The number of carbonyl (C=O) groups excluding carboxylic acids is 2. The highest BCUT2D eigenvalue weighted by atomic mass is 16.5. The summed E-state index contributed by atoms with van der Waals surface area (Å²) in [5.74, 6) is -1.40. The van der Waals surface area contributed by atoms with Gasteiger partial charge in [-0.3, -0.25) is 4.79 Å². The van der Waals surface area contributed by atoms with Crippen LogP contribution in [0.2, 0.25) is 0 Å². The quantitative estimate of drug-likeness (QED) is 0.773. The van der Waals surface area contributed by atoms with Gasteiger partial charge in [0.2, 0.25) is 0 Å². The second kappa shape index (κ2) is 8.80. The third-order valence-electron chi connectivity index (χ3n) is 3.31. The van der Waals surface area contributed by atoms with Crippen molar-refractivity contribution in [2.45, 2.75) is 25.5 Å².